The second-order valence-corrected chi connectivity index (χ2v) is 8.65. The van der Waals surface area contributed by atoms with Crippen LogP contribution in [0.25, 0.3) is 6.08 Å². The molecule has 0 unspecified atom stereocenters. The molecule has 0 aliphatic heterocycles. The maximum Gasteiger partial charge on any atom is 0.225 e. The van der Waals surface area contributed by atoms with Gasteiger partial charge in [-0.15, -0.1) is 6.58 Å². The molecule has 1 radical (unpaired) electrons. The molecule has 0 bridgehead atoms. The number of rotatable bonds is 10. The van der Waals surface area contributed by atoms with Crippen molar-refractivity contribution < 1.29 is 42.7 Å². The van der Waals surface area contributed by atoms with E-state index in [0.717, 1.165) is 28.5 Å². The second-order valence-electron chi connectivity index (χ2n) is 8.65. The predicted octanol–water partition coefficient (Wildman–Crippen LogP) is 6.92. The molecule has 0 saturated carbocycles. The summed E-state index contributed by atoms with van der Waals surface area (Å²) in [6.07, 6.45) is 7.28. The van der Waals surface area contributed by atoms with Crippen LogP contribution in [0.4, 0.5) is 0 Å². The number of ether oxygens (including phenoxy) is 3. The fourth-order valence-corrected chi connectivity index (χ4v) is 3.53. The van der Waals surface area contributed by atoms with Gasteiger partial charge in [-0.2, -0.15) is 0 Å². The third-order valence-corrected chi connectivity index (χ3v) is 5.51. The Morgan fingerprint density at radius 3 is 1.86 bits per heavy atom. The molecule has 42 heavy (non-hydrogen) atoms. The first kappa shape index (κ1) is 45.9. The molecule has 8 heteroatoms. The summed E-state index contributed by atoms with van der Waals surface area (Å²) < 4.78 is 15.2. The van der Waals surface area contributed by atoms with Gasteiger partial charge in [0, 0.05) is 58.6 Å². The van der Waals surface area contributed by atoms with Gasteiger partial charge in [0.05, 0.1) is 27.9 Å². The average molecular weight is 623 g/mol. The van der Waals surface area contributed by atoms with Crippen molar-refractivity contribution in [1.82, 2.24) is 9.80 Å². The van der Waals surface area contributed by atoms with E-state index in [1.165, 1.54) is 0 Å². The van der Waals surface area contributed by atoms with Crippen LogP contribution < -0.4 is 9.47 Å². The van der Waals surface area contributed by atoms with Gasteiger partial charge in [-0.25, -0.2) is 0 Å². The Labute approximate surface area is 268 Å². The van der Waals surface area contributed by atoms with Crippen LogP contribution in [0.15, 0.2) is 79.2 Å². The maximum atomic E-state index is 12.0. The number of methoxy groups -OCH3 is 3. The Hall–Kier alpha value is -3.13. The summed E-state index contributed by atoms with van der Waals surface area (Å²) in [6, 6.07) is 15.4. The number of amides is 1. The summed E-state index contributed by atoms with van der Waals surface area (Å²) in [5.41, 5.74) is 2.08. The van der Waals surface area contributed by atoms with Crippen LogP contribution in [-0.4, -0.2) is 76.9 Å². The van der Waals surface area contributed by atoms with Gasteiger partial charge >= 0.3 is 0 Å². The Kier molecular flexibility index (Phi) is 30.6. The quantitative estimate of drug-likeness (QED) is 0.176. The smallest absolute Gasteiger partial charge is 0.225 e. The first-order valence-electron chi connectivity index (χ1n) is 13.4. The minimum Gasteiger partial charge on any atom is -0.497 e. The Bertz CT molecular complexity index is 1020. The standard InChI is InChI=1S/C15H21NO2.C10H12O2.C6H13NO.C2H6.CH3.V/c1-6-14(11(2)15(17)16(3)4)12-8-7-9-13(10-12)18-5;1-12-10-6-2-4-9(8-10)5-3-7-11;1-5-6(8-4)7(2)3;1-2;;/h6-11,14H,1H2,2-5H3;2-6,8,11H,7H2,1H3;5H,1-4H3;1-2H3;1H3;/q;;;;-1;/b;5-3+;6-5-;;;/t11-,14-;;;;;/m1...../s1. The molecule has 2 rings (SSSR count). The molecule has 2 aromatic rings. The number of carbonyl (C=O) groups excluding carboxylic acids is 1. The van der Waals surface area contributed by atoms with Crippen molar-refractivity contribution in [3.05, 3.63) is 97.8 Å². The van der Waals surface area contributed by atoms with Crippen LogP contribution in [-0.2, 0) is 28.1 Å². The Morgan fingerprint density at radius 2 is 1.48 bits per heavy atom. The normalized spacial score (nSPS) is 11.1. The van der Waals surface area contributed by atoms with Gasteiger partial charge in [0.2, 0.25) is 5.91 Å². The molecule has 0 saturated heterocycles. The fourth-order valence-electron chi connectivity index (χ4n) is 3.53. The van der Waals surface area contributed by atoms with Crippen molar-refractivity contribution in [3.63, 3.8) is 0 Å². The number of benzene rings is 2. The number of aliphatic hydroxyl groups excluding tert-OH is 1. The molecule has 7 nitrogen and oxygen atoms in total. The minimum atomic E-state index is -0.135. The zero-order valence-corrected chi connectivity index (χ0v) is 29.3. The van der Waals surface area contributed by atoms with Gasteiger partial charge in [0.15, 0.2) is 5.88 Å². The number of allylic oxidation sites excluding steroid dienone is 2. The SMILES string of the molecule is C/C=C(\OC)N(C)C.C=C[C@@H](c1cccc(OC)c1)[C@@H](C)C(=O)N(C)C.CC.COc1cccc(/C=C/CO)c1.[CH3-].[V]. The van der Waals surface area contributed by atoms with Gasteiger partial charge in [0.25, 0.3) is 0 Å². The third kappa shape index (κ3) is 18.3. The van der Waals surface area contributed by atoms with Crippen molar-refractivity contribution in [2.24, 2.45) is 5.92 Å². The molecule has 1 N–H and O–H groups in total. The van der Waals surface area contributed by atoms with Crippen LogP contribution in [0.5, 0.6) is 11.5 Å². The monoisotopic (exact) mass is 622 g/mol. The topological polar surface area (TPSA) is 71.5 Å². The summed E-state index contributed by atoms with van der Waals surface area (Å²) in [5, 5.41) is 8.54. The number of hydrogen-bond acceptors (Lipinski definition) is 6. The molecule has 0 aliphatic carbocycles. The van der Waals surface area contributed by atoms with Crippen LogP contribution in [0.3, 0.4) is 0 Å². The summed E-state index contributed by atoms with van der Waals surface area (Å²) in [5.74, 6) is 2.48. The molecule has 1 amide bonds. The van der Waals surface area contributed by atoms with Gasteiger partial charge in [0.1, 0.15) is 11.5 Å². The van der Waals surface area contributed by atoms with E-state index in [2.05, 4.69) is 6.58 Å². The van der Waals surface area contributed by atoms with E-state index in [0.29, 0.717) is 0 Å². The van der Waals surface area contributed by atoms with Crippen molar-refractivity contribution in [1.29, 1.82) is 0 Å². The van der Waals surface area contributed by atoms with Crippen molar-refractivity contribution in [2.45, 2.75) is 33.6 Å². The van der Waals surface area contributed by atoms with Crippen molar-refractivity contribution in [3.8, 4) is 11.5 Å². The second kappa shape index (κ2) is 28.0. The van der Waals surface area contributed by atoms with Gasteiger partial charge < -0.3 is 36.5 Å². The molecule has 0 fully saturated rings. The van der Waals surface area contributed by atoms with E-state index in [4.69, 9.17) is 19.3 Å². The molecule has 0 aliphatic rings. The van der Waals surface area contributed by atoms with Gasteiger partial charge in [-0.05, 0) is 48.4 Å². The van der Waals surface area contributed by atoms with Crippen LogP contribution >= 0.6 is 0 Å². The minimum absolute atomic E-state index is 0. The maximum absolute atomic E-state index is 12.0. The van der Waals surface area contributed by atoms with Crippen molar-refractivity contribution >= 4 is 12.0 Å². The molecule has 237 valence electrons. The molecule has 2 aromatic carbocycles. The fraction of sp³-hybridized carbons (Fsp3) is 0.412. The van der Waals surface area contributed by atoms with Gasteiger partial charge in [-0.3, -0.25) is 4.79 Å². The van der Waals surface area contributed by atoms with Gasteiger partial charge in [-0.1, -0.05) is 63.3 Å². The van der Waals surface area contributed by atoms with Crippen LogP contribution in [0, 0.1) is 13.3 Å². The zero-order chi connectivity index (χ0) is 31.1. The van der Waals surface area contributed by atoms with E-state index in [-0.39, 0.29) is 50.3 Å². The summed E-state index contributed by atoms with van der Waals surface area (Å²) >= 11 is 0. The van der Waals surface area contributed by atoms with Crippen molar-refractivity contribution in [2.75, 3.05) is 56.1 Å². The van der Waals surface area contributed by atoms with E-state index in [1.807, 2.05) is 113 Å². The molecular weight excluding hydrogens is 567 g/mol. The zero-order valence-electron chi connectivity index (χ0n) is 27.9. The number of hydrogen-bond donors (Lipinski definition) is 1. The average Bonchev–Trinajstić information content (AvgIpc) is 2.98. The molecule has 0 spiro atoms. The molecule has 2 atom stereocenters. The molecule has 0 aromatic heterocycles. The van der Waals surface area contributed by atoms with Crippen LogP contribution in [0.2, 0.25) is 0 Å². The number of aliphatic hydroxyl groups is 1. The predicted molar refractivity (Wildman–Crippen MR) is 175 cm³/mol. The van der Waals surface area contributed by atoms with Crippen LogP contribution in [0.1, 0.15) is 44.7 Å². The van der Waals surface area contributed by atoms with E-state index in [9.17, 15) is 4.79 Å². The summed E-state index contributed by atoms with van der Waals surface area (Å²) in [4.78, 5) is 15.5. The number of nitrogens with zero attached hydrogens (tertiary/aromatic N) is 2. The summed E-state index contributed by atoms with van der Waals surface area (Å²) in [7, 11) is 12.4. The molecule has 0 heterocycles. The van der Waals surface area contributed by atoms with E-state index < -0.39 is 0 Å². The largest absolute Gasteiger partial charge is 0.497 e. The Morgan fingerprint density at radius 1 is 0.952 bits per heavy atom. The first-order valence-corrected chi connectivity index (χ1v) is 13.4. The molecular formula is C34H55N2O5V-. The van der Waals surface area contributed by atoms with E-state index >= 15 is 0 Å². The first-order chi connectivity index (χ1) is 19.1. The van der Waals surface area contributed by atoms with E-state index in [1.54, 1.807) is 46.4 Å². The number of carbonyl (C=O) groups is 1. The Balaban J connectivity index is -0.000000262. The summed E-state index contributed by atoms with van der Waals surface area (Å²) in [6.45, 7) is 11.8. The third-order valence-electron chi connectivity index (χ3n) is 5.51.